The Kier molecular flexibility index (Phi) is 5.20. The number of thioether (sulfide) groups is 1. The van der Waals surface area contributed by atoms with Crippen LogP contribution in [0.2, 0.25) is 5.02 Å². The Labute approximate surface area is 167 Å². The maximum absolute atomic E-state index is 12.8. The van der Waals surface area contributed by atoms with Crippen molar-refractivity contribution in [2.45, 2.75) is 0 Å². The van der Waals surface area contributed by atoms with Crippen molar-refractivity contribution in [3.05, 3.63) is 64.0 Å². The largest absolute Gasteiger partial charge is 0.378 e. The number of amidine groups is 1. The fraction of sp³-hybridized carbons (Fsp3) is 0.200. The lowest BCUT2D eigenvalue weighted by Gasteiger charge is -2.28. The number of carbonyl (C=O) groups is 1. The lowest BCUT2D eigenvalue weighted by Crippen LogP contribution is -2.36. The number of benzene rings is 2. The highest BCUT2D eigenvalue weighted by Crippen LogP contribution is 2.38. The van der Waals surface area contributed by atoms with Crippen LogP contribution in [0.3, 0.4) is 0 Å². The van der Waals surface area contributed by atoms with E-state index in [9.17, 15) is 4.79 Å². The van der Waals surface area contributed by atoms with Crippen molar-refractivity contribution in [2.75, 3.05) is 36.1 Å². The Morgan fingerprint density at radius 3 is 2.48 bits per heavy atom. The van der Waals surface area contributed by atoms with Gasteiger partial charge in [-0.25, -0.2) is 0 Å². The number of anilines is 2. The van der Waals surface area contributed by atoms with E-state index >= 15 is 0 Å². The SMILES string of the molecule is N=C1SC(=Cc2ccc(N3CCOCC3)cc2)C(=O)N1c1ccccc1Cl. The summed E-state index contributed by atoms with van der Waals surface area (Å²) < 4.78 is 5.38. The molecule has 7 heteroatoms. The van der Waals surface area contributed by atoms with Crippen molar-refractivity contribution in [1.29, 1.82) is 5.41 Å². The first-order valence-corrected chi connectivity index (χ1v) is 9.83. The molecule has 0 atom stereocenters. The van der Waals surface area contributed by atoms with Gasteiger partial charge in [-0.3, -0.25) is 15.1 Å². The van der Waals surface area contributed by atoms with Crippen molar-refractivity contribution in [3.8, 4) is 0 Å². The third kappa shape index (κ3) is 3.74. The summed E-state index contributed by atoms with van der Waals surface area (Å²) in [4.78, 5) is 16.9. The number of nitrogens with one attached hydrogen (secondary N) is 1. The number of rotatable bonds is 3. The number of hydrogen-bond donors (Lipinski definition) is 1. The number of amides is 1. The average Bonchev–Trinajstić information content (AvgIpc) is 2.97. The quantitative estimate of drug-likeness (QED) is 0.784. The van der Waals surface area contributed by atoms with Gasteiger partial charge in [0.05, 0.1) is 28.8 Å². The molecule has 0 radical (unpaired) electrons. The van der Waals surface area contributed by atoms with E-state index in [-0.39, 0.29) is 11.1 Å². The summed E-state index contributed by atoms with van der Waals surface area (Å²) in [6, 6.07) is 15.2. The molecule has 2 saturated heterocycles. The van der Waals surface area contributed by atoms with Crippen LogP contribution in [0.25, 0.3) is 6.08 Å². The summed E-state index contributed by atoms with van der Waals surface area (Å²) in [7, 11) is 0. The minimum atomic E-state index is -0.227. The Balaban J connectivity index is 1.55. The topological polar surface area (TPSA) is 56.6 Å². The predicted octanol–water partition coefficient (Wildman–Crippen LogP) is 4.23. The Hall–Kier alpha value is -2.28. The van der Waals surface area contributed by atoms with Gasteiger partial charge in [0.2, 0.25) is 0 Å². The van der Waals surface area contributed by atoms with Crippen LogP contribution in [0.4, 0.5) is 11.4 Å². The first-order valence-electron chi connectivity index (χ1n) is 8.63. The zero-order valence-corrected chi connectivity index (χ0v) is 16.1. The van der Waals surface area contributed by atoms with E-state index in [0.29, 0.717) is 15.6 Å². The monoisotopic (exact) mass is 399 g/mol. The van der Waals surface area contributed by atoms with Gasteiger partial charge in [0.15, 0.2) is 5.17 Å². The van der Waals surface area contributed by atoms with Gasteiger partial charge < -0.3 is 9.64 Å². The van der Waals surface area contributed by atoms with Crippen LogP contribution in [0, 0.1) is 5.41 Å². The molecular formula is C20H18ClN3O2S. The summed E-state index contributed by atoms with van der Waals surface area (Å²) in [5.74, 6) is -0.227. The average molecular weight is 400 g/mol. The molecule has 1 N–H and O–H groups in total. The fourth-order valence-electron chi connectivity index (χ4n) is 3.09. The molecule has 4 rings (SSSR count). The molecule has 2 aromatic rings. The smallest absolute Gasteiger partial charge is 0.271 e. The molecule has 0 aliphatic carbocycles. The molecule has 0 aromatic heterocycles. The number of carbonyl (C=O) groups excluding carboxylic acids is 1. The van der Waals surface area contributed by atoms with Gasteiger partial charge in [0, 0.05) is 18.8 Å². The van der Waals surface area contributed by atoms with E-state index in [2.05, 4.69) is 17.0 Å². The lowest BCUT2D eigenvalue weighted by molar-refractivity contribution is -0.113. The van der Waals surface area contributed by atoms with Crippen LogP contribution in [-0.2, 0) is 9.53 Å². The van der Waals surface area contributed by atoms with Crippen molar-refractivity contribution in [3.63, 3.8) is 0 Å². The first-order chi connectivity index (χ1) is 13.1. The second-order valence-corrected chi connectivity index (χ2v) is 7.64. The molecule has 2 heterocycles. The van der Waals surface area contributed by atoms with Gasteiger partial charge in [0.1, 0.15) is 0 Å². The van der Waals surface area contributed by atoms with Gasteiger partial charge in [0.25, 0.3) is 5.91 Å². The highest BCUT2D eigenvalue weighted by atomic mass is 35.5. The molecule has 0 bridgehead atoms. The van der Waals surface area contributed by atoms with E-state index in [1.54, 1.807) is 24.3 Å². The molecule has 2 aliphatic rings. The third-order valence-corrected chi connectivity index (χ3v) is 5.69. The molecule has 2 aromatic carbocycles. The molecule has 0 unspecified atom stereocenters. The van der Waals surface area contributed by atoms with Crippen molar-refractivity contribution >= 4 is 51.9 Å². The summed E-state index contributed by atoms with van der Waals surface area (Å²) in [5.41, 5.74) is 2.61. The van der Waals surface area contributed by atoms with Crippen molar-refractivity contribution in [1.82, 2.24) is 0 Å². The number of morpholine rings is 1. The number of ether oxygens (including phenoxy) is 1. The molecule has 1 amide bonds. The number of hydrogen-bond acceptors (Lipinski definition) is 5. The summed E-state index contributed by atoms with van der Waals surface area (Å²) >= 11 is 7.35. The summed E-state index contributed by atoms with van der Waals surface area (Å²) in [6.45, 7) is 3.27. The van der Waals surface area contributed by atoms with E-state index in [1.165, 1.54) is 4.90 Å². The number of para-hydroxylation sites is 1. The molecule has 5 nitrogen and oxygen atoms in total. The molecule has 2 aliphatic heterocycles. The molecule has 27 heavy (non-hydrogen) atoms. The van der Waals surface area contributed by atoms with Crippen LogP contribution in [-0.4, -0.2) is 37.4 Å². The third-order valence-electron chi connectivity index (χ3n) is 4.48. The number of nitrogens with zero attached hydrogens (tertiary/aromatic N) is 2. The van der Waals surface area contributed by atoms with Gasteiger partial charge in [-0.15, -0.1) is 0 Å². The first kappa shape index (κ1) is 18.1. The lowest BCUT2D eigenvalue weighted by atomic mass is 10.1. The second-order valence-electron chi connectivity index (χ2n) is 6.20. The van der Waals surface area contributed by atoms with E-state index in [1.807, 2.05) is 18.2 Å². The highest BCUT2D eigenvalue weighted by molar-refractivity contribution is 8.19. The van der Waals surface area contributed by atoms with Crippen molar-refractivity contribution in [2.24, 2.45) is 0 Å². The van der Waals surface area contributed by atoms with Gasteiger partial charge in [-0.1, -0.05) is 35.9 Å². The van der Waals surface area contributed by atoms with Crippen LogP contribution >= 0.6 is 23.4 Å². The number of halogens is 1. The Morgan fingerprint density at radius 2 is 1.78 bits per heavy atom. The normalized spacial score (nSPS) is 19.2. The van der Waals surface area contributed by atoms with Crippen LogP contribution in [0.1, 0.15) is 5.56 Å². The summed E-state index contributed by atoms with van der Waals surface area (Å²) in [6.07, 6.45) is 1.82. The highest BCUT2D eigenvalue weighted by Gasteiger charge is 2.34. The minimum Gasteiger partial charge on any atom is -0.378 e. The molecular weight excluding hydrogens is 382 g/mol. The van der Waals surface area contributed by atoms with Crippen LogP contribution < -0.4 is 9.80 Å². The van der Waals surface area contributed by atoms with Gasteiger partial charge >= 0.3 is 0 Å². The zero-order chi connectivity index (χ0) is 18.8. The fourth-order valence-corrected chi connectivity index (χ4v) is 4.17. The standard InChI is InChI=1S/C20H18ClN3O2S/c21-16-3-1-2-4-17(16)24-19(25)18(27-20(24)22)13-14-5-7-15(8-6-14)23-9-11-26-12-10-23/h1-8,13,22H,9-12H2. The molecule has 0 saturated carbocycles. The van der Waals surface area contributed by atoms with Crippen LogP contribution in [0.15, 0.2) is 53.4 Å². The maximum atomic E-state index is 12.8. The van der Waals surface area contributed by atoms with Gasteiger partial charge in [-0.2, -0.15) is 0 Å². The minimum absolute atomic E-state index is 0.157. The van der Waals surface area contributed by atoms with Gasteiger partial charge in [-0.05, 0) is 47.7 Å². The zero-order valence-electron chi connectivity index (χ0n) is 14.5. The van der Waals surface area contributed by atoms with Crippen molar-refractivity contribution < 1.29 is 9.53 Å². The molecule has 2 fully saturated rings. The van der Waals surface area contributed by atoms with E-state index < -0.39 is 0 Å². The second kappa shape index (κ2) is 7.76. The van der Waals surface area contributed by atoms with E-state index in [4.69, 9.17) is 21.7 Å². The summed E-state index contributed by atoms with van der Waals surface area (Å²) in [5, 5.41) is 8.79. The van der Waals surface area contributed by atoms with Crippen LogP contribution in [0.5, 0.6) is 0 Å². The van der Waals surface area contributed by atoms with E-state index in [0.717, 1.165) is 49.3 Å². The Morgan fingerprint density at radius 1 is 1.07 bits per heavy atom. The predicted molar refractivity (Wildman–Crippen MR) is 112 cm³/mol. The maximum Gasteiger partial charge on any atom is 0.271 e. The Bertz CT molecular complexity index is 908. The molecule has 138 valence electrons. The molecule has 0 spiro atoms.